The summed E-state index contributed by atoms with van der Waals surface area (Å²) in [7, 11) is 1.33. The summed E-state index contributed by atoms with van der Waals surface area (Å²) < 4.78 is 6.95. The zero-order valence-electron chi connectivity index (χ0n) is 14.8. The lowest BCUT2D eigenvalue weighted by Crippen LogP contribution is -2.15. The number of esters is 1. The molecule has 0 radical (unpaired) electrons. The molecule has 0 saturated carbocycles. The lowest BCUT2D eigenvalue weighted by atomic mass is 10.1. The van der Waals surface area contributed by atoms with Gasteiger partial charge in [0.15, 0.2) is 0 Å². The average Bonchev–Trinajstić information content (AvgIpc) is 3.24. The van der Waals surface area contributed by atoms with E-state index in [9.17, 15) is 14.7 Å². The van der Waals surface area contributed by atoms with Crippen LogP contribution in [-0.4, -0.2) is 27.7 Å². The molecule has 0 saturated heterocycles. The lowest BCUT2D eigenvalue weighted by molar-refractivity contribution is 0.0606. The van der Waals surface area contributed by atoms with Gasteiger partial charge in [0.2, 0.25) is 5.88 Å². The Bertz CT molecular complexity index is 1420. The Kier molecular flexibility index (Phi) is 3.60. The molecular weight excluding hydrogens is 376 g/mol. The van der Waals surface area contributed by atoms with Crippen molar-refractivity contribution in [3.05, 3.63) is 69.5 Å². The van der Waals surface area contributed by atoms with E-state index in [1.165, 1.54) is 23.0 Å². The third-order valence-corrected chi connectivity index (χ3v) is 5.96. The molecule has 0 aliphatic carbocycles. The van der Waals surface area contributed by atoms with Crippen LogP contribution in [0.5, 0.6) is 5.88 Å². The third-order valence-electron chi connectivity index (χ3n) is 4.92. The highest BCUT2D eigenvalue weighted by Gasteiger charge is 2.22. The Morgan fingerprint density at radius 3 is 2.75 bits per heavy atom. The fraction of sp³-hybridized carbons (Fsp3) is 0.0952. The monoisotopic (exact) mass is 390 g/mol. The molecule has 0 spiro atoms. The molecule has 5 rings (SSSR count). The number of carbonyl (C=O) groups excluding carboxylic acids is 1. The first-order valence-corrected chi connectivity index (χ1v) is 9.42. The van der Waals surface area contributed by atoms with E-state index in [0.29, 0.717) is 21.2 Å². The van der Waals surface area contributed by atoms with Gasteiger partial charge in [0.25, 0.3) is 5.56 Å². The topological polar surface area (TPSA) is 81.4 Å². The normalized spacial score (nSPS) is 11.6. The third kappa shape index (κ3) is 2.30. The molecule has 138 valence electrons. The number of hydrogen-bond donors (Lipinski definition) is 1. The Hall–Kier alpha value is -3.45. The summed E-state index contributed by atoms with van der Waals surface area (Å²) in [5.74, 6) is -0.526. The van der Waals surface area contributed by atoms with Crippen molar-refractivity contribution >= 4 is 49.1 Å². The van der Waals surface area contributed by atoms with Gasteiger partial charge < -0.3 is 9.84 Å². The molecule has 0 amide bonds. The molecule has 7 heteroatoms. The predicted molar refractivity (Wildman–Crippen MR) is 109 cm³/mol. The maximum absolute atomic E-state index is 13.1. The molecule has 0 unspecified atom stereocenters. The van der Waals surface area contributed by atoms with Crippen LogP contribution in [0.25, 0.3) is 31.8 Å². The van der Waals surface area contributed by atoms with Gasteiger partial charge in [0.05, 0.1) is 29.9 Å². The Labute approximate surface area is 162 Å². The number of fused-ring (bicyclic) bond motifs is 2. The number of aromatic hydroxyl groups is 1. The quantitative estimate of drug-likeness (QED) is 0.475. The maximum Gasteiger partial charge on any atom is 0.348 e. The molecule has 0 atom stereocenters. The van der Waals surface area contributed by atoms with Crippen LogP contribution >= 0.6 is 11.3 Å². The van der Waals surface area contributed by atoms with Gasteiger partial charge >= 0.3 is 5.97 Å². The van der Waals surface area contributed by atoms with Crippen LogP contribution in [0.4, 0.5) is 0 Å². The van der Waals surface area contributed by atoms with Crippen LogP contribution in [0, 0.1) is 0 Å². The van der Waals surface area contributed by atoms with Crippen molar-refractivity contribution in [3.8, 4) is 5.88 Å². The first-order chi connectivity index (χ1) is 13.6. The van der Waals surface area contributed by atoms with Gasteiger partial charge in [-0.3, -0.25) is 14.3 Å². The van der Waals surface area contributed by atoms with E-state index in [4.69, 9.17) is 4.74 Å². The van der Waals surface area contributed by atoms with Crippen molar-refractivity contribution in [2.24, 2.45) is 0 Å². The number of ether oxygens (including phenoxy) is 1. The van der Waals surface area contributed by atoms with Gasteiger partial charge in [-0.25, -0.2) is 4.79 Å². The van der Waals surface area contributed by atoms with Crippen molar-refractivity contribution in [2.45, 2.75) is 6.54 Å². The van der Waals surface area contributed by atoms with E-state index in [-0.39, 0.29) is 18.0 Å². The fourth-order valence-corrected chi connectivity index (χ4v) is 4.70. The van der Waals surface area contributed by atoms with E-state index in [2.05, 4.69) is 4.98 Å². The largest absolute Gasteiger partial charge is 0.494 e. The minimum atomic E-state index is -0.430. The molecule has 0 fully saturated rings. The zero-order chi connectivity index (χ0) is 19.4. The minimum absolute atomic E-state index is 0.0960. The molecule has 1 N–H and O–H groups in total. The van der Waals surface area contributed by atoms with Gasteiger partial charge in [0.1, 0.15) is 4.88 Å². The van der Waals surface area contributed by atoms with Crippen molar-refractivity contribution in [1.29, 1.82) is 0 Å². The smallest absolute Gasteiger partial charge is 0.348 e. The molecular formula is C21H14N2O4S. The highest BCUT2D eigenvalue weighted by Crippen LogP contribution is 2.38. The van der Waals surface area contributed by atoms with E-state index in [1.54, 1.807) is 18.3 Å². The van der Waals surface area contributed by atoms with Crippen LogP contribution < -0.4 is 5.56 Å². The van der Waals surface area contributed by atoms with Crippen LogP contribution in [0.15, 0.2) is 53.5 Å². The number of benzene rings is 2. The molecule has 28 heavy (non-hydrogen) atoms. The lowest BCUT2D eigenvalue weighted by Gasteiger charge is -2.04. The highest BCUT2D eigenvalue weighted by molar-refractivity contribution is 7.20. The first kappa shape index (κ1) is 16.7. The first-order valence-electron chi connectivity index (χ1n) is 8.61. The summed E-state index contributed by atoms with van der Waals surface area (Å²) in [5, 5.41) is 13.2. The van der Waals surface area contributed by atoms with E-state index in [1.807, 2.05) is 30.3 Å². The predicted octanol–water partition coefficient (Wildman–Crippen LogP) is 3.74. The molecule has 3 heterocycles. The second kappa shape index (κ2) is 6.03. The summed E-state index contributed by atoms with van der Waals surface area (Å²) in [6.45, 7) is 0.267. The van der Waals surface area contributed by atoms with Crippen LogP contribution in [0.2, 0.25) is 0 Å². The van der Waals surface area contributed by atoms with E-state index >= 15 is 0 Å². The fourth-order valence-electron chi connectivity index (χ4n) is 3.61. The summed E-state index contributed by atoms with van der Waals surface area (Å²) in [5.41, 5.74) is 1.18. The number of rotatable bonds is 3. The Morgan fingerprint density at radius 2 is 2.00 bits per heavy atom. The SMILES string of the molecule is COC(=O)c1cc2cnc3c4c(=O)n(Cc5ccccc5)c(O)c4cc(s1)c23. The van der Waals surface area contributed by atoms with Gasteiger partial charge in [-0.1, -0.05) is 30.3 Å². The average molecular weight is 390 g/mol. The van der Waals surface area contributed by atoms with Crippen LogP contribution in [-0.2, 0) is 11.3 Å². The van der Waals surface area contributed by atoms with Gasteiger partial charge in [-0.15, -0.1) is 11.3 Å². The van der Waals surface area contributed by atoms with Gasteiger partial charge in [-0.05, 0) is 17.7 Å². The standard InChI is InChI=1S/C21H14N2O4S/c1-27-21(26)15-7-12-9-22-18-16(12)14(28-15)8-13-17(18)20(25)23(19(13)24)10-11-5-3-2-4-6-11/h2-9,24H,10H2,1H3. The number of methoxy groups -OCH3 is 1. The minimum Gasteiger partial charge on any atom is -0.494 e. The molecule has 2 aromatic carbocycles. The summed E-state index contributed by atoms with van der Waals surface area (Å²) >= 11 is 1.25. The molecule has 3 aromatic heterocycles. The maximum atomic E-state index is 13.1. The second-order valence-electron chi connectivity index (χ2n) is 6.54. The van der Waals surface area contributed by atoms with Crippen LogP contribution in [0.1, 0.15) is 15.2 Å². The number of nitrogens with zero attached hydrogens (tertiary/aromatic N) is 2. The Balaban J connectivity index is 1.82. The number of carbonyl (C=O) groups is 1. The summed E-state index contributed by atoms with van der Waals surface area (Å²) in [6, 6.07) is 13.0. The van der Waals surface area contributed by atoms with E-state index in [0.717, 1.165) is 21.0 Å². The van der Waals surface area contributed by atoms with Crippen molar-refractivity contribution in [1.82, 2.24) is 9.55 Å². The molecule has 5 aromatic rings. The van der Waals surface area contributed by atoms with E-state index < -0.39 is 5.97 Å². The number of hydrogen-bond acceptors (Lipinski definition) is 6. The van der Waals surface area contributed by atoms with Crippen molar-refractivity contribution in [2.75, 3.05) is 7.11 Å². The number of aromatic nitrogens is 2. The van der Waals surface area contributed by atoms with Gasteiger partial charge in [0, 0.05) is 21.7 Å². The molecule has 0 bridgehead atoms. The van der Waals surface area contributed by atoms with Crippen molar-refractivity contribution in [3.63, 3.8) is 0 Å². The molecule has 0 aliphatic heterocycles. The zero-order valence-corrected chi connectivity index (χ0v) is 15.6. The molecule has 0 aliphatic rings. The molecule has 6 nitrogen and oxygen atoms in total. The van der Waals surface area contributed by atoms with Crippen molar-refractivity contribution < 1.29 is 14.6 Å². The highest BCUT2D eigenvalue weighted by atomic mass is 32.1. The summed E-state index contributed by atoms with van der Waals surface area (Å²) in [4.78, 5) is 29.9. The summed E-state index contributed by atoms with van der Waals surface area (Å²) in [6.07, 6.45) is 1.64. The van der Waals surface area contributed by atoms with Crippen LogP contribution in [0.3, 0.4) is 0 Å². The van der Waals surface area contributed by atoms with Gasteiger partial charge in [-0.2, -0.15) is 0 Å². The second-order valence-corrected chi connectivity index (χ2v) is 7.62. The Morgan fingerprint density at radius 1 is 1.21 bits per heavy atom.